The van der Waals surface area contributed by atoms with E-state index >= 15 is 0 Å². The maximum absolute atomic E-state index is 6.30. The van der Waals surface area contributed by atoms with Crippen LogP contribution in [0, 0.1) is 19.8 Å². The summed E-state index contributed by atoms with van der Waals surface area (Å²) >= 11 is 0. The first kappa shape index (κ1) is 24.1. The van der Waals surface area contributed by atoms with Gasteiger partial charge in [0.25, 0.3) is 0 Å². The summed E-state index contributed by atoms with van der Waals surface area (Å²) in [5.74, 6) is 1.31. The average Bonchev–Trinajstić information content (AvgIpc) is 3.22. The van der Waals surface area contributed by atoms with Crippen molar-refractivity contribution < 1.29 is 4.42 Å². The summed E-state index contributed by atoms with van der Waals surface area (Å²) in [6.45, 7) is 4.22. The minimum atomic E-state index is 0.279. The molecule has 1 aliphatic carbocycles. The zero-order chi connectivity index (χ0) is 27.7. The zero-order valence-electron chi connectivity index (χ0n) is 23.6. The van der Waals surface area contributed by atoms with Gasteiger partial charge in [-0.2, -0.15) is 0 Å². The standard InChI is InChI=1S/C38H32N2O/c1-24-25(2)41-38-23-37-33(22-32(24)38)30-15-6-5-14-29(30)31-16-7-9-18-36(31)40(37)28-13-10-12-27(21-28)35-20-19-26-11-4-8-17-34(26)39(35)3/h4-11,13-23,27,35H,12H2,1-3H3. The molecule has 0 saturated carbocycles. The highest BCUT2D eigenvalue weighted by atomic mass is 16.3. The molecule has 4 aromatic carbocycles. The van der Waals surface area contributed by atoms with E-state index in [0.29, 0.717) is 5.92 Å². The van der Waals surface area contributed by atoms with Crippen molar-refractivity contribution in [2.45, 2.75) is 26.3 Å². The first-order chi connectivity index (χ1) is 20.1. The Morgan fingerprint density at radius 3 is 2.27 bits per heavy atom. The van der Waals surface area contributed by atoms with E-state index in [4.69, 9.17) is 4.42 Å². The van der Waals surface area contributed by atoms with E-state index in [1.165, 1.54) is 55.8 Å². The van der Waals surface area contributed by atoms with Crippen molar-refractivity contribution >= 4 is 34.1 Å². The van der Waals surface area contributed by atoms with Crippen LogP contribution in [0.15, 0.2) is 119 Å². The van der Waals surface area contributed by atoms with E-state index in [0.717, 1.165) is 23.5 Å². The van der Waals surface area contributed by atoms with Crippen LogP contribution in [0.4, 0.5) is 17.1 Å². The van der Waals surface area contributed by atoms with Crippen molar-refractivity contribution in [2.24, 2.45) is 5.92 Å². The van der Waals surface area contributed by atoms with Gasteiger partial charge in [-0.3, -0.25) is 0 Å². The van der Waals surface area contributed by atoms with Crippen molar-refractivity contribution in [1.82, 2.24) is 0 Å². The highest BCUT2D eigenvalue weighted by Gasteiger charge is 2.31. The molecule has 2 atom stereocenters. The Bertz CT molecular complexity index is 1940. The minimum Gasteiger partial charge on any atom is -0.461 e. The lowest BCUT2D eigenvalue weighted by molar-refractivity contribution is 0.549. The van der Waals surface area contributed by atoms with E-state index in [2.05, 4.69) is 146 Å². The largest absolute Gasteiger partial charge is 0.461 e. The van der Waals surface area contributed by atoms with E-state index in [1.807, 2.05) is 0 Å². The molecule has 1 aromatic heterocycles. The van der Waals surface area contributed by atoms with Gasteiger partial charge in [-0.15, -0.1) is 0 Å². The summed E-state index contributed by atoms with van der Waals surface area (Å²) in [7, 11) is 2.23. The monoisotopic (exact) mass is 532 g/mol. The fourth-order valence-corrected chi connectivity index (χ4v) is 6.98. The molecule has 0 saturated heterocycles. The number of anilines is 3. The SMILES string of the molecule is Cc1oc2cc3c(cc2c1C)-c1ccccc1-c1ccccc1N3C1=CC(C2C=Cc3ccccc3N2C)CC=C1. The lowest BCUT2D eigenvalue weighted by atomic mass is 9.87. The smallest absolute Gasteiger partial charge is 0.136 e. The fraction of sp³-hybridized carbons (Fsp3) is 0.158. The molecule has 200 valence electrons. The fourth-order valence-electron chi connectivity index (χ4n) is 6.98. The average molecular weight is 533 g/mol. The molecule has 0 radical (unpaired) electrons. The van der Waals surface area contributed by atoms with E-state index < -0.39 is 0 Å². The highest BCUT2D eigenvalue weighted by Crippen LogP contribution is 2.51. The Morgan fingerprint density at radius 1 is 0.732 bits per heavy atom. The van der Waals surface area contributed by atoms with Gasteiger partial charge in [0.05, 0.1) is 17.4 Å². The van der Waals surface area contributed by atoms with Gasteiger partial charge in [-0.1, -0.05) is 85.0 Å². The Morgan fingerprint density at radius 2 is 1.44 bits per heavy atom. The predicted octanol–water partition coefficient (Wildman–Crippen LogP) is 9.83. The second-order valence-electron chi connectivity index (χ2n) is 11.5. The van der Waals surface area contributed by atoms with Crippen LogP contribution in [-0.2, 0) is 0 Å². The number of hydrogen-bond acceptors (Lipinski definition) is 3. The van der Waals surface area contributed by atoms with Crippen LogP contribution >= 0.6 is 0 Å². The Labute approximate surface area is 241 Å². The van der Waals surface area contributed by atoms with Crippen LogP contribution < -0.4 is 9.80 Å². The second kappa shape index (κ2) is 9.14. The molecule has 41 heavy (non-hydrogen) atoms. The zero-order valence-corrected chi connectivity index (χ0v) is 23.6. The quantitative estimate of drug-likeness (QED) is 0.226. The van der Waals surface area contributed by atoms with Crippen LogP contribution in [-0.4, -0.2) is 13.1 Å². The molecular formula is C38H32N2O. The number of aryl methyl sites for hydroxylation is 2. The Hall–Kier alpha value is -4.76. The van der Waals surface area contributed by atoms with Gasteiger partial charge in [0.1, 0.15) is 11.3 Å². The number of rotatable bonds is 2. The molecule has 0 bridgehead atoms. The molecule has 0 fully saturated rings. The van der Waals surface area contributed by atoms with Crippen molar-refractivity contribution in [1.29, 1.82) is 0 Å². The van der Waals surface area contributed by atoms with Gasteiger partial charge in [0.15, 0.2) is 0 Å². The lowest BCUT2D eigenvalue weighted by Crippen LogP contribution is -2.38. The van der Waals surface area contributed by atoms with Crippen molar-refractivity contribution in [3.63, 3.8) is 0 Å². The van der Waals surface area contributed by atoms with Gasteiger partial charge in [-0.25, -0.2) is 0 Å². The predicted molar refractivity (Wildman–Crippen MR) is 172 cm³/mol. The third-order valence-electron chi connectivity index (χ3n) is 9.20. The number of nitrogens with zero attached hydrogens (tertiary/aromatic N) is 2. The van der Waals surface area contributed by atoms with E-state index in [9.17, 15) is 0 Å². The minimum absolute atomic E-state index is 0.279. The topological polar surface area (TPSA) is 19.6 Å². The summed E-state index contributed by atoms with van der Waals surface area (Å²) in [5.41, 5.74) is 13.2. The maximum atomic E-state index is 6.30. The van der Waals surface area contributed by atoms with Gasteiger partial charge >= 0.3 is 0 Å². The van der Waals surface area contributed by atoms with Crippen molar-refractivity contribution in [3.8, 4) is 22.3 Å². The van der Waals surface area contributed by atoms with Gasteiger partial charge < -0.3 is 14.2 Å². The summed E-state index contributed by atoms with van der Waals surface area (Å²) < 4.78 is 6.30. The molecule has 5 aromatic rings. The summed E-state index contributed by atoms with van der Waals surface area (Å²) in [6.07, 6.45) is 12.8. The number of likely N-dealkylation sites (N-methyl/N-ethyl adjacent to an activating group) is 1. The van der Waals surface area contributed by atoms with E-state index in [1.54, 1.807) is 0 Å². The molecule has 0 spiro atoms. The van der Waals surface area contributed by atoms with Gasteiger partial charge in [-0.05, 0) is 66.8 Å². The second-order valence-corrected chi connectivity index (χ2v) is 11.5. The number of benzene rings is 4. The van der Waals surface area contributed by atoms with E-state index in [-0.39, 0.29) is 6.04 Å². The molecule has 3 heterocycles. The number of para-hydroxylation sites is 2. The number of fused-ring (bicyclic) bond motifs is 7. The Balaban J connectivity index is 1.34. The normalized spacial score (nSPS) is 18.9. The number of furan rings is 1. The molecule has 2 unspecified atom stereocenters. The first-order valence-corrected chi connectivity index (χ1v) is 14.5. The van der Waals surface area contributed by atoms with Crippen LogP contribution in [0.1, 0.15) is 23.3 Å². The lowest BCUT2D eigenvalue weighted by Gasteiger charge is -2.38. The molecule has 3 nitrogen and oxygen atoms in total. The molecule has 0 N–H and O–H groups in total. The van der Waals surface area contributed by atoms with Crippen molar-refractivity contribution in [3.05, 3.63) is 132 Å². The maximum Gasteiger partial charge on any atom is 0.136 e. The Kier molecular flexibility index (Phi) is 5.36. The van der Waals surface area contributed by atoms with Crippen molar-refractivity contribution in [2.75, 3.05) is 16.8 Å². The third kappa shape index (κ3) is 3.65. The third-order valence-corrected chi connectivity index (χ3v) is 9.20. The highest BCUT2D eigenvalue weighted by molar-refractivity contribution is 6.05. The van der Waals surface area contributed by atoms with Crippen LogP contribution in [0.3, 0.4) is 0 Å². The summed E-state index contributed by atoms with van der Waals surface area (Å²) in [6, 6.07) is 31.2. The molecule has 0 amide bonds. The molecule has 8 rings (SSSR count). The molecular weight excluding hydrogens is 500 g/mol. The summed E-state index contributed by atoms with van der Waals surface area (Å²) in [4.78, 5) is 4.89. The first-order valence-electron chi connectivity index (χ1n) is 14.5. The van der Waals surface area contributed by atoms with Gasteiger partial charge in [0, 0.05) is 46.9 Å². The number of hydrogen-bond donors (Lipinski definition) is 0. The van der Waals surface area contributed by atoms with Crippen LogP contribution in [0.5, 0.6) is 0 Å². The molecule has 2 aliphatic heterocycles. The van der Waals surface area contributed by atoms with Crippen LogP contribution in [0.25, 0.3) is 39.3 Å². The van der Waals surface area contributed by atoms with Gasteiger partial charge in [0.2, 0.25) is 0 Å². The molecule has 3 heteroatoms. The number of allylic oxidation sites excluding steroid dienone is 2. The van der Waals surface area contributed by atoms with Crippen LogP contribution in [0.2, 0.25) is 0 Å². The summed E-state index contributed by atoms with van der Waals surface area (Å²) in [5, 5.41) is 1.18. The molecule has 3 aliphatic rings.